The lowest BCUT2D eigenvalue weighted by atomic mass is 9.99. The van der Waals surface area contributed by atoms with Gasteiger partial charge in [0.25, 0.3) is 5.91 Å². The van der Waals surface area contributed by atoms with E-state index in [0.29, 0.717) is 5.56 Å². The van der Waals surface area contributed by atoms with Gasteiger partial charge in [-0.05, 0) is 36.5 Å². The second kappa shape index (κ2) is 7.26. The van der Waals surface area contributed by atoms with Crippen molar-refractivity contribution in [2.75, 3.05) is 0 Å². The topological polar surface area (TPSA) is 101 Å². The number of aryl methyl sites for hydroxylation is 1. The number of hydrogen-bond acceptors (Lipinski definition) is 3. The fourth-order valence-corrected chi connectivity index (χ4v) is 2.96. The summed E-state index contributed by atoms with van der Waals surface area (Å²) in [6, 6.07) is 4.54. The number of amides is 2. The Morgan fingerprint density at radius 2 is 2.13 bits per heavy atom. The quantitative estimate of drug-likeness (QED) is 0.762. The van der Waals surface area contributed by atoms with Gasteiger partial charge in [0.05, 0.1) is 0 Å². The summed E-state index contributed by atoms with van der Waals surface area (Å²) >= 11 is 0. The highest BCUT2D eigenvalue weighted by molar-refractivity contribution is 6.00. The number of aliphatic carboxylic acids is 1. The predicted octanol–water partition coefficient (Wildman–Crippen LogP) is 1.70. The van der Waals surface area contributed by atoms with Crippen LogP contribution in [0.3, 0.4) is 0 Å². The molecule has 0 bridgehead atoms. The standard InChI is InChI=1S/C17H22N2O4/c1-2-3-5-11-6-4-7-12-13(11)10-19(16(12)21)14(17(22)23)8-9-15(18)20/h4,6-7,14H,2-3,5,8-10H2,1H3,(H2,18,20)(H,22,23). The van der Waals surface area contributed by atoms with Crippen LogP contribution >= 0.6 is 0 Å². The normalized spacial score (nSPS) is 14.7. The Labute approximate surface area is 135 Å². The van der Waals surface area contributed by atoms with Crippen LogP contribution in [0.1, 0.15) is 54.1 Å². The summed E-state index contributed by atoms with van der Waals surface area (Å²) in [5.74, 6) is -1.96. The third-order valence-corrected chi connectivity index (χ3v) is 4.22. The molecule has 1 aliphatic heterocycles. The Morgan fingerprint density at radius 3 is 2.74 bits per heavy atom. The first-order valence-electron chi connectivity index (χ1n) is 7.88. The van der Waals surface area contributed by atoms with Crippen molar-refractivity contribution in [3.8, 4) is 0 Å². The van der Waals surface area contributed by atoms with Crippen molar-refractivity contribution in [1.82, 2.24) is 4.90 Å². The Morgan fingerprint density at radius 1 is 1.39 bits per heavy atom. The highest BCUT2D eigenvalue weighted by Gasteiger charge is 2.37. The number of hydrogen-bond donors (Lipinski definition) is 2. The van der Waals surface area contributed by atoms with E-state index in [-0.39, 0.29) is 25.3 Å². The summed E-state index contributed by atoms with van der Waals surface area (Å²) < 4.78 is 0. The molecule has 1 aromatic carbocycles. The summed E-state index contributed by atoms with van der Waals surface area (Å²) in [6.07, 6.45) is 2.93. The molecule has 6 heteroatoms. The molecule has 0 aromatic heterocycles. The SMILES string of the molecule is CCCCc1cccc2c1CN(C(CCC(N)=O)C(=O)O)C2=O. The number of carbonyl (C=O) groups is 3. The van der Waals surface area contributed by atoms with Gasteiger partial charge in [-0.2, -0.15) is 0 Å². The lowest BCUT2D eigenvalue weighted by molar-refractivity contribution is -0.142. The van der Waals surface area contributed by atoms with E-state index in [0.717, 1.165) is 30.4 Å². The van der Waals surface area contributed by atoms with Gasteiger partial charge in [0.15, 0.2) is 0 Å². The summed E-state index contributed by atoms with van der Waals surface area (Å²) in [5, 5.41) is 9.41. The molecule has 124 valence electrons. The molecule has 2 rings (SSSR count). The van der Waals surface area contributed by atoms with Gasteiger partial charge < -0.3 is 15.7 Å². The van der Waals surface area contributed by atoms with Crippen molar-refractivity contribution in [3.05, 3.63) is 34.9 Å². The number of nitrogens with zero attached hydrogens (tertiary/aromatic N) is 1. The van der Waals surface area contributed by atoms with E-state index in [1.165, 1.54) is 4.90 Å². The molecule has 23 heavy (non-hydrogen) atoms. The number of benzene rings is 1. The molecular weight excluding hydrogens is 296 g/mol. The minimum atomic E-state index is -1.11. The molecule has 1 heterocycles. The largest absolute Gasteiger partial charge is 0.480 e. The van der Waals surface area contributed by atoms with E-state index in [2.05, 4.69) is 6.92 Å². The number of primary amides is 1. The van der Waals surface area contributed by atoms with Crippen LogP contribution in [0.4, 0.5) is 0 Å². The molecule has 6 nitrogen and oxygen atoms in total. The number of carboxylic acids is 1. The van der Waals surface area contributed by atoms with Gasteiger partial charge in [-0.1, -0.05) is 25.5 Å². The zero-order chi connectivity index (χ0) is 17.0. The maximum atomic E-state index is 12.6. The van der Waals surface area contributed by atoms with E-state index < -0.39 is 17.9 Å². The van der Waals surface area contributed by atoms with Crippen LogP contribution in [0.2, 0.25) is 0 Å². The fraction of sp³-hybridized carbons (Fsp3) is 0.471. The first-order valence-corrected chi connectivity index (χ1v) is 7.88. The maximum Gasteiger partial charge on any atom is 0.326 e. The molecule has 0 aliphatic carbocycles. The van der Waals surface area contributed by atoms with Crippen molar-refractivity contribution in [1.29, 1.82) is 0 Å². The monoisotopic (exact) mass is 318 g/mol. The van der Waals surface area contributed by atoms with Crippen LogP contribution in [0.5, 0.6) is 0 Å². The van der Waals surface area contributed by atoms with Crippen LogP contribution in [0, 0.1) is 0 Å². The molecule has 2 amide bonds. The third-order valence-electron chi connectivity index (χ3n) is 4.22. The number of carbonyl (C=O) groups excluding carboxylic acids is 2. The molecule has 1 atom stereocenters. The van der Waals surface area contributed by atoms with E-state index in [9.17, 15) is 19.5 Å². The van der Waals surface area contributed by atoms with Crippen LogP contribution in [-0.2, 0) is 22.6 Å². The third kappa shape index (κ3) is 3.70. The highest BCUT2D eigenvalue weighted by Crippen LogP contribution is 2.29. The van der Waals surface area contributed by atoms with Crippen LogP contribution < -0.4 is 5.73 Å². The number of rotatable bonds is 8. The number of nitrogens with two attached hydrogens (primary N) is 1. The highest BCUT2D eigenvalue weighted by atomic mass is 16.4. The van der Waals surface area contributed by atoms with Crippen molar-refractivity contribution in [2.45, 2.75) is 51.6 Å². The van der Waals surface area contributed by atoms with Gasteiger partial charge in [-0.25, -0.2) is 4.79 Å². The minimum absolute atomic E-state index is 0.0364. The van der Waals surface area contributed by atoms with E-state index in [4.69, 9.17) is 5.73 Å². The molecule has 0 radical (unpaired) electrons. The number of fused-ring (bicyclic) bond motifs is 1. The molecule has 0 saturated carbocycles. The predicted molar refractivity (Wildman–Crippen MR) is 84.8 cm³/mol. The number of carboxylic acid groups (broad SMARTS) is 1. The zero-order valence-corrected chi connectivity index (χ0v) is 13.2. The summed E-state index contributed by atoms with van der Waals surface area (Å²) in [5.41, 5.74) is 7.68. The van der Waals surface area contributed by atoms with E-state index >= 15 is 0 Å². The lowest BCUT2D eigenvalue weighted by Gasteiger charge is -2.23. The Bertz CT molecular complexity index is 627. The second-order valence-corrected chi connectivity index (χ2v) is 5.84. The second-order valence-electron chi connectivity index (χ2n) is 5.84. The molecule has 1 unspecified atom stereocenters. The zero-order valence-electron chi connectivity index (χ0n) is 13.2. The van der Waals surface area contributed by atoms with Crippen molar-refractivity contribution >= 4 is 17.8 Å². The van der Waals surface area contributed by atoms with Crippen molar-refractivity contribution < 1.29 is 19.5 Å². The smallest absolute Gasteiger partial charge is 0.326 e. The van der Waals surface area contributed by atoms with Gasteiger partial charge >= 0.3 is 5.97 Å². The average Bonchev–Trinajstić information content (AvgIpc) is 2.83. The molecule has 0 saturated heterocycles. The minimum Gasteiger partial charge on any atom is -0.480 e. The van der Waals surface area contributed by atoms with Gasteiger partial charge in [-0.15, -0.1) is 0 Å². The molecule has 0 spiro atoms. The van der Waals surface area contributed by atoms with E-state index in [1.807, 2.05) is 12.1 Å². The number of unbranched alkanes of at least 4 members (excludes halogenated alkanes) is 1. The van der Waals surface area contributed by atoms with Crippen LogP contribution in [0.15, 0.2) is 18.2 Å². The first kappa shape index (κ1) is 17.0. The summed E-state index contributed by atoms with van der Waals surface area (Å²) in [4.78, 5) is 36.3. The molecule has 0 fully saturated rings. The van der Waals surface area contributed by atoms with Gasteiger partial charge in [-0.3, -0.25) is 9.59 Å². The van der Waals surface area contributed by atoms with Crippen LogP contribution in [-0.4, -0.2) is 33.8 Å². The Balaban J connectivity index is 2.24. The molecule has 1 aromatic rings. The fourth-order valence-electron chi connectivity index (χ4n) is 2.96. The van der Waals surface area contributed by atoms with Gasteiger partial charge in [0.2, 0.25) is 5.91 Å². The molecular formula is C17H22N2O4. The van der Waals surface area contributed by atoms with Crippen molar-refractivity contribution in [2.24, 2.45) is 5.73 Å². The van der Waals surface area contributed by atoms with Gasteiger partial charge in [0, 0.05) is 18.5 Å². The first-order chi connectivity index (χ1) is 11.0. The summed E-state index contributed by atoms with van der Waals surface area (Å²) in [6.45, 7) is 2.38. The lowest BCUT2D eigenvalue weighted by Crippen LogP contribution is -2.42. The van der Waals surface area contributed by atoms with Gasteiger partial charge in [0.1, 0.15) is 6.04 Å². The van der Waals surface area contributed by atoms with Crippen molar-refractivity contribution in [3.63, 3.8) is 0 Å². The Kier molecular flexibility index (Phi) is 5.36. The van der Waals surface area contributed by atoms with Crippen LogP contribution in [0.25, 0.3) is 0 Å². The summed E-state index contributed by atoms with van der Waals surface area (Å²) in [7, 11) is 0. The molecule has 3 N–H and O–H groups in total. The maximum absolute atomic E-state index is 12.6. The Hall–Kier alpha value is -2.37. The van der Waals surface area contributed by atoms with E-state index in [1.54, 1.807) is 6.07 Å². The molecule has 1 aliphatic rings. The average molecular weight is 318 g/mol.